The molecule has 0 aromatic heterocycles. The van der Waals surface area contributed by atoms with Crippen molar-refractivity contribution in [1.82, 2.24) is 9.03 Å². The van der Waals surface area contributed by atoms with Crippen molar-refractivity contribution in [3.8, 4) is 0 Å². The van der Waals surface area contributed by atoms with Gasteiger partial charge in [-0.1, -0.05) is 35.3 Å². The van der Waals surface area contributed by atoms with Crippen LogP contribution in [0, 0.1) is 0 Å². The topological polar surface area (TPSA) is 92.8 Å². The van der Waals surface area contributed by atoms with Gasteiger partial charge in [-0.2, -0.15) is 4.31 Å². The van der Waals surface area contributed by atoms with Crippen molar-refractivity contribution in [3.63, 3.8) is 0 Å². The summed E-state index contributed by atoms with van der Waals surface area (Å²) in [5, 5.41) is 0.353. The van der Waals surface area contributed by atoms with E-state index >= 15 is 0 Å². The van der Waals surface area contributed by atoms with Gasteiger partial charge in [-0.3, -0.25) is 0 Å². The van der Waals surface area contributed by atoms with Crippen molar-refractivity contribution in [2.75, 3.05) is 32.8 Å². The van der Waals surface area contributed by atoms with Gasteiger partial charge in [-0.25, -0.2) is 21.6 Å². The van der Waals surface area contributed by atoms with E-state index < -0.39 is 20.0 Å². The monoisotopic (exact) mass is 478 g/mol. The van der Waals surface area contributed by atoms with E-state index in [9.17, 15) is 16.8 Å². The molecule has 0 atom stereocenters. The van der Waals surface area contributed by atoms with Crippen LogP contribution < -0.4 is 4.72 Å². The molecule has 0 aliphatic carbocycles. The molecule has 0 unspecified atom stereocenters. The number of halogens is 2. The summed E-state index contributed by atoms with van der Waals surface area (Å²) in [4.78, 5) is 0.119. The Balaban J connectivity index is 1.62. The standard InChI is InChI=1S/C18H20Cl2N2O5S2/c19-15-3-6-17(20)18(13-15)28(23,24)21-8-7-14-1-4-16(5-2-14)29(25,26)22-9-11-27-12-10-22/h1-6,13,21H,7-12H2. The number of ether oxygens (including phenoxy) is 1. The van der Waals surface area contributed by atoms with Crippen LogP contribution in [0.3, 0.4) is 0 Å². The molecule has 29 heavy (non-hydrogen) atoms. The number of rotatable bonds is 7. The van der Waals surface area contributed by atoms with E-state index in [0.29, 0.717) is 32.7 Å². The highest BCUT2D eigenvalue weighted by molar-refractivity contribution is 7.89. The molecule has 2 aromatic rings. The SMILES string of the molecule is O=S(=O)(NCCc1ccc(S(=O)(=O)N2CCOCC2)cc1)c1cc(Cl)ccc1Cl. The Bertz CT molecular complexity index is 1070. The predicted molar refractivity (Wildman–Crippen MR) is 111 cm³/mol. The quantitative estimate of drug-likeness (QED) is 0.659. The lowest BCUT2D eigenvalue weighted by Gasteiger charge is -2.26. The number of hydrogen-bond donors (Lipinski definition) is 1. The predicted octanol–water partition coefficient (Wildman–Crippen LogP) is 2.54. The second-order valence-electron chi connectivity index (χ2n) is 6.38. The lowest BCUT2D eigenvalue weighted by atomic mass is 10.2. The lowest BCUT2D eigenvalue weighted by Crippen LogP contribution is -2.40. The molecule has 0 amide bonds. The van der Waals surface area contributed by atoms with Crippen LogP contribution in [0.2, 0.25) is 10.0 Å². The maximum absolute atomic E-state index is 12.6. The lowest BCUT2D eigenvalue weighted by molar-refractivity contribution is 0.0730. The van der Waals surface area contributed by atoms with Crippen molar-refractivity contribution in [1.29, 1.82) is 0 Å². The zero-order chi connectivity index (χ0) is 21.1. The zero-order valence-electron chi connectivity index (χ0n) is 15.3. The molecular formula is C18H20Cl2N2O5S2. The highest BCUT2D eigenvalue weighted by Gasteiger charge is 2.26. The summed E-state index contributed by atoms with van der Waals surface area (Å²) in [5.41, 5.74) is 0.797. The average Bonchev–Trinajstić information content (AvgIpc) is 2.70. The zero-order valence-corrected chi connectivity index (χ0v) is 18.5. The molecule has 0 spiro atoms. The fraction of sp³-hybridized carbons (Fsp3) is 0.333. The van der Waals surface area contributed by atoms with Gasteiger partial charge in [0.25, 0.3) is 0 Å². The van der Waals surface area contributed by atoms with E-state index in [4.69, 9.17) is 27.9 Å². The van der Waals surface area contributed by atoms with Crippen molar-refractivity contribution in [2.24, 2.45) is 0 Å². The van der Waals surface area contributed by atoms with Crippen LogP contribution in [0.1, 0.15) is 5.56 Å². The van der Waals surface area contributed by atoms with Crippen molar-refractivity contribution < 1.29 is 21.6 Å². The summed E-state index contributed by atoms with van der Waals surface area (Å²) in [6.07, 6.45) is 0.384. The molecular weight excluding hydrogens is 459 g/mol. The first-order valence-corrected chi connectivity index (χ1v) is 12.5. The molecule has 11 heteroatoms. The molecule has 0 saturated carbocycles. The van der Waals surface area contributed by atoms with E-state index in [1.807, 2.05) is 0 Å². The Labute approximate surface area is 180 Å². The summed E-state index contributed by atoms with van der Waals surface area (Å²) < 4.78 is 59.1. The second-order valence-corrected chi connectivity index (χ2v) is 10.9. The third kappa shape index (κ3) is 5.49. The normalized spacial score (nSPS) is 16.1. The summed E-state index contributed by atoms with van der Waals surface area (Å²) in [6, 6.07) is 10.6. The molecule has 1 fully saturated rings. The summed E-state index contributed by atoms with van der Waals surface area (Å²) in [7, 11) is -7.36. The van der Waals surface area contributed by atoms with Crippen molar-refractivity contribution in [2.45, 2.75) is 16.2 Å². The molecule has 1 saturated heterocycles. The summed E-state index contributed by atoms with van der Waals surface area (Å²) >= 11 is 11.8. The van der Waals surface area contributed by atoms with Crippen LogP contribution in [-0.2, 0) is 31.2 Å². The van der Waals surface area contributed by atoms with E-state index in [1.54, 1.807) is 12.1 Å². The minimum absolute atomic E-state index is 0.0829. The smallest absolute Gasteiger partial charge is 0.243 e. The maximum atomic E-state index is 12.6. The van der Waals surface area contributed by atoms with Crippen LogP contribution in [0.5, 0.6) is 0 Å². The number of benzene rings is 2. The van der Waals surface area contributed by atoms with Gasteiger partial charge in [0, 0.05) is 24.7 Å². The largest absolute Gasteiger partial charge is 0.379 e. The molecule has 1 heterocycles. The van der Waals surface area contributed by atoms with E-state index in [2.05, 4.69) is 4.72 Å². The van der Waals surface area contributed by atoms with Crippen molar-refractivity contribution >= 4 is 43.2 Å². The fourth-order valence-corrected chi connectivity index (χ4v) is 6.05. The Hall–Kier alpha value is -1.20. The van der Waals surface area contributed by atoms with Crippen LogP contribution in [0.4, 0.5) is 0 Å². The van der Waals surface area contributed by atoms with Crippen LogP contribution in [0.15, 0.2) is 52.3 Å². The van der Waals surface area contributed by atoms with E-state index in [1.165, 1.54) is 34.6 Å². The number of nitrogens with zero attached hydrogens (tertiary/aromatic N) is 1. The molecule has 0 radical (unpaired) electrons. The first-order valence-electron chi connectivity index (χ1n) is 8.82. The number of sulfonamides is 2. The van der Waals surface area contributed by atoms with Gasteiger partial charge in [0.15, 0.2) is 0 Å². The molecule has 158 valence electrons. The minimum atomic E-state index is -3.81. The van der Waals surface area contributed by atoms with E-state index in [0.717, 1.165) is 5.56 Å². The first-order chi connectivity index (χ1) is 13.7. The molecule has 1 N–H and O–H groups in total. The Morgan fingerprint density at radius 2 is 1.62 bits per heavy atom. The van der Waals surface area contributed by atoms with Gasteiger partial charge in [-0.05, 0) is 42.3 Å². The maximum Gasteiger partial charge on any atom is 0.243 e. The van der Waals surface area contributed by atoms with Gasteiger partial charge >= 0.3 is 0 Å². The molecule has 0 bridgehead atoms. The van der Waals surface area contributed by atoms with Crippen LogP contribution in [-0.4, -0.2) is 54.0 Å². The molecule has 1 aliphatic rings. The second kappa shape index (κ2) is 9.30. The van der Waals surface area contributed by atoms with Gasteiger partial charge in [0.1, 0.15) is 4.90 Å². The Morgan fingerprint density at radius 3 is 2.28 bits per heavy atom. The highest BCUT2D eigenvalue weighted by atomic mass is 35.5. The average molecular weight is 479 g/mol. The number of hydrogen-bond acceptors (Lipinski definition) is 5. The third-order valence-corrected chi connectivity index (χ3v) is 8.51. The van der Waals surface area contributed by atoms with E-state index in [-0.39, 0.29) is 26.4 Å². The van der Waals surface area contributed by atoms with Crippen LogP contribution in [0.25, 0.3) is 0 Å². The first kappa shape index (κ1) is 22.5. The van der Waals surface area contributed by atoms with Crippen LogP contribution >= 0.6 is 23.2 Å². The highest BCUT2D eigenvalue weighted by Crippen LogP contribution is 2.25. The molecule has 1 aliphatic heterocycles. The Morgan fingerprint density at radius 1 is 0.966 bits per heavy atom. The molecule has 7 nitrogen and oxygen atoms in total. The Kier molecular flexibility index (Phi) is 7.21. The number of nitrogens with one attached hydrogen (secondary N) is 1. The van der Waals surface area contributed by atoms with Gasteiger partial charge < -0.3 is 4.74 Å². The summed E-state index contributed by atoms with van der Waals surface area (Å²) in [5.74, 6) is 0. The van der Waals surface area contributed by atoms with Gasteiger partial charge in [-0.15, -0.1) is 0 Å². The molecule has 3 rings (SSSR count). The van der Waals surface area contributed by atoms with Crippen molar-refractivity contribution in [3.05, 3.63) is 58.1 Å². The van der Waals surface area contributed by atoms with Gasteiger partial charge in [0.2, 0.25) is 20.0 Å². The number of morpholine rings is 1. The summed E-state index contributed by atoms with van der Waals surface area (Å²) in [6.45, 7) is 1.55. The third-order valence-electron chi connectivity index (χ3n) is 4.42. The minimum Gasteiger partial charge on any atom is -0.379 e. The molecule has 2 aromatic carbocycles. The fourth-order valence-electron chi connectivity index (χ4n) is 2.85. The van der Waals surface area contributed by atoms with Gasteiger partial charge in [0.05, 0.1) is 23.1 Å².